The van der Waals surface area contributed by atoms with E-state index in [1.54, 1.807) is 6.07 Å². The van der Waals surface area contributed by atoms with Gasteiger partial charge in [0.05, 0.1) is 16.5 Å². The lowest BCUT2D eigenvalue weighted by atomic mass is 9.85. The first-order valence-electron chi connectivity index (χ1n) is 7.99. The number of aromatic amines is 1. The summed E-state index contributed by atoms with van der Waals surface area (Å²) in [6, 6.07) is 6.16. The van der Waals surface area contributed by atoms with Gasteiger partial charge in [0.15, 0.2) is 0 Å². The van der Waals surface area contributed by atoms with Crippen molar-refractivity contribution in [3.8, 4) is 10.6 Å². The molecule has 8 heteroatoms. The molecule has 1 aliphatic carbocycles. The average Bonchev–Trinajstić information content (AvgIpc) is 3.08. The van der Waals surface area contributed by atoms with Crippen LogP contribution in [-0.2, 0) is 0 Å². The van der Waals surface area contributed by atoms with Crippen LogP contribution in [0.1, 0.15) is 36.0 Å². The zero-order chi connectivity index (χ0) is 18.0. The minimum Gasteiger partial charge on any atom is -0.349 e. The third kappa shape index (κ3) is 4.12. The number of H-pyrrole nitrogens is 1. The van der Waals surface area contributed by atoms with E-state index in [2.05, 4.69) is 10.3 Å². The Labute approximate surface area is 146 Å². The molecule has 2 aromatic rings. The molecule has 0 aliphatic heterocycles. The van der Waals surface area contributed by atoms with Gasteiger partial charge < -0.3 is 10.3 Å². The minimum atomic E-state index is -4.25. The Morgan fingerprint density at radius 2 is 2.04 bits per heavy atom. The van der Waals surface area contributed by atoms with Gasteiger partial charge in [0, 0.05) is 6.04 Å². The summed E-state index contributed by atoms with van der Waals surface area (Å²) in [4.78, 5) is 27.9. The maximum atomic E-state index is 12.9. The van der Waals surface area contributed by atoms with E-state index in [9.17, 15) is 22.8 Å². The number of thiophene rings is 1. The molecule has 0 spiro atoms. The van der Waals surface area contributed by atoms with Crippen LogP contribution in [0.3, 0.4) is 0 Å². The third-order valence-electron chi connectivity index (χ3n) is 4.41. The smallest absolute Gasteiger partial charge is 0.349 e. The van der Waals surface area contributed by atoms with Crippen LogP contribution in [-0.4, -0.2) is 23.1 Å². The summed E-state index contributed by atoms with van der Waals surface area (Å²) >= 11 is 1.45. The molecule has 1 fully saturated rings. The molecule has 0 radical (unpaired) electrons. The molecule has 2 N–H and O–H groups in total. The Kier molecular flexibility index (Phi) is 4.99. The summed E-state index contributed by atoms with van der Waals surface area (Å²) in [5.74, 6) is -2.03. The molecule has 4 nitrogen and oxygen atoms in total. The number of nitrogens with one attached hydrogen (secondary N) is 2. The van der Waals surface area contributed by atoms with E-state index in [1.165, 1.54) is 17.4 Å². The number of alkyl halides is 3. The number of rotatable bonds is 3. The first-order chi connectivity index (χ1) is 11.8. The average molecular weight is 370 g/mol. The van der Waals surface area contributed by atoms with Crippen molar-refractivity contribution in [1.82, 2.24) is 10.3 Å². The van der Waals surface area contributed by atoms with Crippen molar-refractivity contribution in [1.29, 1.82) is 0 Å². The molecule has 1 aliphatic rings. The molecule has 25 heavy (non-hydrogen) atoms. The Balaban J connectivity index is 1.70. The van der Waals surface area contributed by atoms with Crippen molar-refractivity contribution in [3.63, 3.8) is 0 Å². The standard InChI is InChI=1S/C17H17F3N2O2S/c18-17(19,20)10-3-1-4-11(9-10)21-15(23)12-6-7-13(22-16(12)24)14-5-2-8-25-14/h2,5-8,10-11H,1,3-4,9H2,(H,21,23)(H,22,24). The van der Waals surface area contributed by atoms with Crippen molar-refractivity contribution in [2.75, 3.05) is 0 Å². The van der Waals surface area contributed by atoms with E-state index in [-0.39, 0.29) is 18.4 Å². The highest BCUT2D eigenvalue weighted by Gasteiger charge is 2.42. The van der Waals surface area contributed by atoms with E-state index in [1.807, 2.05) is 17.5 Å². The van der Waals surface area contributed by atoms with Gasteiger partial charge in [-0.2, -0.15) is 13.2 Å². The van der Waals surface area contributed by atoms with E-state index in [0.29, 0.717) is 18.5 Å². The molecule has 0 bridgehead atoms. The van der Waals surface area contributed by atoms with Crippen molar-refractivity contribution >= 4 is 17.2 Å². The number of pyridine rings is 1. The molecule has 0 saturated heterocycles. The quantitative estimate of drug-likeness (QED) is 0.859. The predicted molar refractivity (Wildman–Crippen MR) is 89.6 cm³/mol. The molecule has 2 atom stereocenters. The molecule has 2 heterocycles. The Bertz CT molecular complexity index is 799. The van der Waals surface area contributed by atoms with Crippen LogP contribution >= 0.6 is 11.3 Å². The van der Waals surface area contributed by atoms with Gasteiger partial charge in [-0.3, -0.25) is 9.59 Å². The first-order valence-corrected chi connectivity index (χ1v) is 8.87. The summed E-state index contributed by atoms with van der Waals surface area (Å²) in [6.45, 7) is 0. The maximum Gasteiger partial charge on any atom is 0.391 e. The monoisotopic (exact) mass is 370 g/mol. The number of halogens is 3. The summed E-state index contributed by atoms with van der Waals surface area (Å²) in [5, 5.41) is 4.45. The topological polar surface area (TPSA) is 62.0 Å². The Morgan fingerprint density at radius 3 is 2.68 bits per heavy atom. The highest BCUT2D eigenvalue weighted by Crippen LogP contribution is 2.37. The number of aromatic nitrogens is 1. The second-order valence-electron chi connectivity index (χ2n) is 6.17. The second-order valence-corrected chi connectivity index (χ2v) is 7.12. The first kappa shape index (κ1) is 17.7. The molecule has 2 unspecified atom stereocenters. The molecule has 1 amide bonds. The van der Waals surface area contributed by atoms with Crippen LogP contribution in [0.5, 0.6) is 0 Å². The van der Waals surface area contributed by atoms with Crippen LogP contribution in [0.25, 0.3) is 10.6 Å². The van der Waals surface area contributed by atoms with Crippen molar-refractivity contribution in [2.45, 2.75) is 37.9 Å². The van der Waals surface area contributed by atoms with Gasteiger partial charge in [0.2, 0.25) is 0 Å². The fourth-order valence-corrected chi connectivity index (χ4v) is 3.82. The van der Waals surface area contributed by atoms with E-state index in [4.69, 9.17) is 0 Å². The summed E-state index contributed by atoms with van der Waals surface area (Å²) in [7, 11) is 0. The summed E-state index contributed by atoms with van der Waals surface area (Å²) in [6.07, 6.45) is -3.40. The molecule has 1 saturated carbocycles. The molecular weight excluding hydrogens is 353 g/mol. The van der Waals surface area contributed by atoms with Gasteiger partial charge in [-0.05, 0) is 42.8 Å². The van der Waals surface area contributed by atoms with Gasteiger partial charge in [0.1, 0.15) is 5.56 Å². The second kappa shape index (κ2) is 7.03. The fourth-order valence-electron chi connectivity index (χ4n) is 3.11. The van der Waals surface area contributed by atoms with Crippen molar-refractivity contribution < 1.29 is 18.0 Å². The maximum absolute atomic E-state index is 12.9. The normalized spacial score (nSPS) is 21.1. The van der Waals surface area contributed by atoms with Crippen LogP contribution in [0, 0.1) is 5.92 Å². The highest BCUT2D eigenvalue weighted by molar-refractivity contribution is 7.13. The molecule has 3 rings (SSSR count). The molecule has 134 valence electrons. The number of amides is 1. The summed E-state index contributed by atoms with van der Waals surface area (Å²) in [5.41, 5.74) is -0.0348. The predicted octanol–water partition coefficient (Wildman–Crippen LogP) is 3.95. The van der Waals surface area contributed by atoms with Crippen LogP contribution < -0.4 is 10.9 Å². The summed E-state index contributed by atoms with van der Waals surface area (Å²) < 4.78 is 38.6. The van der Waals surface area contributed by atoms with Gasteiger partial charge >= 0.3 is 6.18 Å². The minimum absolute atomic E-state index is 0.0885. The zero-order valence-electron chi connectivity index (χ0n) is 13.2. The molecular formula is C17H17F3N2O2S. The molecule has 2 aromatic heterocycles. The number of carbonyl (C=O) groups is 1. The van der Waals surface area contributed by atoms with E-state index in [0.717, 1.165) is 4.88 Å². The Hall–Kier alpha value is -2.09. The lowest BCUT2D eigenvalue weighted by Gasteiger charge is -2.30. The van der Waals surface area contributed by atoms with Gasteiger partial charge in [-0.1, -0.05) is 12.5 Å². The van der Waals surface area contributed by atoms with E-state index < -0.39 is 29.6 Å². The Morgan fingerprint density at radius 1 is 1.24 bits per heavy atom. The third-order valence-corrected chi connectivity index (χ3v) is 5.32. The van der Waals surface area contributed by atoms with Crippen molar-refractivity contribution in [2.24, 2.45) is 5.92 Å². The zero-order valence-corrected chi connectivity index (χ0v) is 14.0. The van der Waals surface area contributed by atoms with Crippen LogP contribution in [0.2, 0.25) is 0 Å². The van der Waals surface area contributed by atoms with E-state index >= 15 is 0 Å². The number of carbonyl (C=O) groups excluding carboxylic acids is 1. The largest absolute Gasteiger partial charge is 0.391 e. The SMILES string of the molecule is O=C(NC1CCCC(C(F)(F)F)C1)c1ccc(-c2cccs2)[nH]c1=O. The van der Waals surface area contributed by atoms with Gasteiger partial charge in [-0.15, -0.1) is 11.3 Å². The van der Waals surface area contributed by atoms with Crippen molar-refractivity contribution in [3.05, 3.63) is 45.6 Å². The van der Waals surface area contributed by atoms with Crippen LogP contribution in [0.15, 0.2) is 34.4 Å². The fraction of sp³-hybridized carbons (Fsp3) is 0.412. The number of hydrogen-bond acceptors (Lipinski definition) is 3. The number of hydrogen-bond donors (Lipinski definition) is 2. The lowest BCUT2D eigenvalue weighted by molar-refractivity contribution is -0.183. The van der Waals surface area contributed by atoms with Crippen LogP contribution in [0.4, 0.5) is 13.2 Å². The highest BCUT2D eigenvalue weighted by atomic mass is 32.1. The molecule has 0 aromatic carbocycles. The van der Waals surface area contributed by atoms with Gasteiger partial charge in [-0.25, -0.2) is 0 Å². The lowest BCUT2D eigenvalue weighted by Crippen LogP contribution is -2.42. The van der Waals surface area contributed by atoms with Gasteiger partial charge in [0.25, 0.3) is 11.5 Å².